The van der Waals surface area contributed by atoms with Gasteiger partial charge in [0.05, 0.1) is 23.1 Å². The molecule has 1 saturated heterocycles. The SMILES string of the molecule is Cc1cc(C(=O)NC2(C(=O)NC3CCN(c4ccc(F)cc4[N+](=O)[O-])CC3O)CCCCC2)no1. The molecule has 1 aliphatic heterocycles. The third-order valence-corrected chi connectivity index (χ3v) is 6.73. The lowest BCUT2D eigenvalue weighted by atomic mass is 9.80. The van der Waals surface area contributed by atoms with Crippen molar-refractivity contribution in [3.05, 3.63) is 51.7 Å². The Labute approximate surface area is 200 Å². The molecular formula is C23H28FN5O6. The predicted octanol–water partition coefficient (Wildman–Crippen LogP) is 2.22. The average Bonchev–Trinajstić information content (AvgIpc) is 3.27. The van der Waals surface area contributed by atoms with Gasteiger partial charge in [0.15, 0.2) is 5.69 Å². The van der Waals surface area contributed by atoms with Crippen LogP contribution < -0.4 is 15.5 Å². The van der Waals surface area contributed by atoms with Gasteiger partial charge in [-0.1, -0.05) is 24.4 Å². The molecule has 3 N–H and O–H groups in total. The van der Waals surface area contributed by atoms with Gasteiger partial charge >= 0.3 is 0 Å². The van der Waals surface area contributed by atoms with Crippen LogP contribution in [0.4, 0.5) is 15.8 Å². The number of aromatic nitrogens is 1. The first-order chi connectivity index (χ1) is 16.7. The zero-order valence-corrected chi connectivity index (χ0v) is 19.3. The number of β-amino-alcohol motifs (C(OH)–C–C–N with tert-alkyl or cyclic N) is 1. The Morgan fingerprint density at radius 3 is 2.66 bits per heavy atom. The number of aliphatic hydroxyl groups is 1. The number of carbonyl (C=O) groups is 2. The van der Waals surface area contributed by atoms with Crippen molar-refractivity contribution in [2.45, 2.75) is 63.1 Å². The van der Waals surface area contributed by atoms with Crippen LogP contribution in [0.2, 0.25) is 0 Å². The lowest BCUT2D eigenvalue weighted by Gasteiger charge is -2.41. The Hall–Kier alpha value is -3.54. The smallest absolute Gasteiger partial charge is 0.295 e. The highest BCUT2D eigenvalue weighted by atomic mass is 19.1. The van der Waals surface area contributed by atoms with Gasteiger partial charge in [-0.15, -0.1) is 0 Å². The van der Waals surface area contributed by atoms with Crippen molar-refractivity contribution < 1.29 is 28.5 Å². The van der Waals surface area contributed by atoms with Crippen molar-refractivity contribution in [1.82, 2.24) is 15.8 Å². The summed E-state index contributed by atoms with van der Waals surface area (Å²) in [6, 6.07) is 4.19. The molecule has 2 amide bonds. The number of rotatable bonds is 6. The van der Waals surface area contributed by atoms with Crippen molar-refractivity contribution in [2.75, 3.05) is 18.0 Å². The molecular weight excluding hydrogens is 461 g/mol. The summed E-state index contributed by atoms with van der Waals surface area (Å²) in [6.07, 6.45) is 2.68. The molecule has 1 saturated carbocycles. The summed E-state index contributed by atoms with van der Waals surface area (Å²) in [5, 5.41) is 31.6. The van der Waals surface area contributed by atoms with E-state index in [-0.39, 0.29) is 29.5 Å². The van der Waals surface area contributed by atoms with E-state index in [1.54, 1.807) is 11.8 Å². The molecule has 4 rings (SSSR count). The van der Waals surface area contributed by atoms with E-state index in [4.69, 9.17) is 4.52 Å². The second kappa shape index (κ2) is 9.98. The Bertz CT molecular complexity index is 1120. The van der Waals surface area contributed by atoms with Crippen LogP contribution in [0.25, 0.3) is 0 Å². The molecule has 35 heavy (non-hydrogen) atoms. The van der Waals surface area contributed by atoms with E-state index in [1.165, 1.54) is 12.1 Å². The number of aryl methyl sites for hydroxylation is 1. The quantitative estimate of drug-likeness (QED) is 0.413. The maximum absolute atomic E-state index is 13.5. The lowest BCUT2D eigenvalue weighted by Crippen LogP contribution is -2.64. The predicted molar refractivity (Wildman–Crippen MR) is 122 cm³/mol. The van der Waals surface area contributed by atoms with Crippen molar-refractivity contribution in [3.63, 3.8) is 0 Å². The molecule has 2 atom stereocenters. The fraction of sp³-hybridized carbons (Fsp3) is 0.522. The number of nitrogens with zero attached hydrogens (tertiary/aromatic N) is 3. The van der Waals surface area contributed by atoms with E-state index < -0.39 is 34.3 Å². The Morgan fingerprint density at radius 1 is 1.29 bits per heavy atom. The van der Waals surface area contributed by atoms with Gasteiger partial charge in [-0.25, -0.2) is 4.39 Å². The summed E-state index contributed by atoms with van der Waals surface area (Å²) in [7, 11) is 0. The van der Waals surface area contributed by atoms with Gasteiger partial charge in [0.2, 0.25) is 5.91 Å². The van der Waals surface area contributed by atoms with Crippen molar-refractivity contribution >= 4 is 23.2 Å². The van der Waals surface area contributed by atoms with Gasteiger partial charge in [-0.2, -0.15) is 0 Å². The number of nitro groups is 1. The fourth-order valence-electron chi connectivity index (χ4n) is 4.85. The maximum atomic E-state index is 13.5. The van der Waals surface area contributed by atoms with Crippen LogP contribution in [0.3, 0.4) is 0 Å². The minimum atomic E-state index is -1.13. The monoisotopic (exact) mass is 489 g/mol. The normalized spacial score (nSPS) is 21.9. The van der Waals surface area contributed by atoms with Crippen LogP contribution in [-0.2, 0) is 4.79 Å². The molecule has 2 fully saturated rings. The Morgan fingerprint density at radius 2 is 2.03 bits per heavy atom. The summed E-state index contributed by atoms with van der Waals surface area (Å²) < 4.78 is 18.5. The van der Waals surface area contributed by atoms with Gasteiger partial charge in [0.1, 0.15) is 22.8 Å². The van der Waals surface area contributed by atoms with E-state index in [9.17, 15) is 29.2 Å². The first-order valence-corrected chi connectivity index (χ1v) is 11.6. The zero-order chi connectivity index (χ0) is 25.2. The number of benzene rings is 1. The van der Waals surface area contributed by atoms with Crippen LogP contribution in [-0.4, -0.2) is 57.8 Å². The van der Waals surface area contributed by atoms with E-state index in [1.807, 2.05) is 0 Å². The standard InChI is InChI=1S/C23H28FN5O6/c1-14-11-17(27-35-14)21(31)26-23(8-3-2-4-9-23)22(32)25-16-7-10-28(13-20(16)30)18-6-5-15(24)12-19(18)29(33)34/h5-6,11-12,16,20,30H,2-4,7-10,13H2,1H3,(H,25,32)(H,26,31). The lowest BCUT2D eigenvalue weighted by molar-refractivity contribution is -0.384. The number of anilines is 1. The summed E-state index contributed by atoms with van der Waals surface area (Å²) in [6.45, 7) is 2.00. The highest BCUT2D eigenvalue weighted by Crippen LogP contribution is 2.32. The largest absolute Gasteiger partial charge is 0.389 e. The highest BCUT2D eigenvalue weighted by Gasteiger charge is 2.43. The number of hydrogen-bond donors (Lipinski definition) is 3. The number of carbonyl (C=O) groups excluding carboxylic acids is 2. The van der Waals surface area contributed by atoms with Gasteiger partial charge in [0, 0.05) is 19.2 Å². The molecule has 0 radical (unpaired) electrons. The molecule has 0 spiro atoms. The molecule has 2 heterocycles. The molecule has 2 aliphatic rings. The molecule has 2 unspecified atom stereocenters. The molecule has 0 bridgehead atoms. The van der Waals surface area contributed by atoms with Crippen molar-refractivity contribution in [2.24, 2.45) is 0 Å². The summed E-state index contributed by atoms with van der Waals surface area (Å²) in [4.78, 5) is 38.5. The molecule has 11 nitrogen and oxygen atoms in total. The van der Waals surface area contributed by atoms with Gasteiger partial charge < -0.3 is 25.2 Å². The number of halogens is 1. The number of aliphatic hydroxyl groups excluding tert-OH is 1. The Kier molecular flexibility index (Phi) is 7.01. The highest BCUT2D eigenvalue weighted by molar-refractivity contribution is 5.98. The number of amides is 2. The first kappa shape index (κ1) is 24.6. The fourth-order valence-corrected chi connectivity index (χ4v) is 4.85. The maximum Gasteiger partial charge on any atom is 0.295 e. The van der Waals surface area contributed by atoms with Crippen molar-refractivity contribution in [1.29, 1.82) is 0 Å². The van der Waals surface area contributed by atoms with E-state index in [2.05, 4.69) is 15.8 Å². The van der Waals surface area contributed by atoms with Crippen LogP contribution in [0.5, 0.6) is 0 Å². The zero-order valence-electron chi connectivity index (χ0n) is 19.3. The number of hydrogen-bond acceptors (Lipinski definition) is 8. The third kappa shape index (κ3) is 5.26. The van der Waals surface area contributed by atoms with Gasteiger partial charge in [-0.05, 0) is 38.3 Å². The molecule has 2 aromatic rings. The molecule has 188 valence electrons. The van der Waals surface area contributed by atoms with Crippen molar-refractivity contribution in [3.8, 4) is 0 Å². The number of nitro benzene ring substituents is 1. The molecule has 1 aromatic heterocycles. The van der Waals surface area contributed by atoms with Crippen LogP contribution >= 0.6 is 0 Å². The van der Waals surface area contributed by atoms with Gasteiger partial charge in [-0.3, -0.25) is 19.7 Å². The first-order valence-electron chi connectivity index (χ1n) is 11.6. The van der Waals surface area contributed by atoms with Crippen LogP contribution in [0.15, 0.2) is 28.8 Å². The van der Waals surface area contributed by atoms with E-state index in [0.717, 1.165) is 31.4 Å². The molecule has 12 heteroatoms. The number of piperidine rings is 1. The second-order valence-electron chi connectivity index (χ2n) is 9.19. The van der Waals surface area contributed by atoms with Crippen LogP contribution in [0.1, 0.15) is 54.8 Å². The molecule has 1 aliphatic carbocycles. The topological polar surface area (TPSA) is 151 Å². The molecule has 1 aromatic carbocycles. The summed E-state index contributed by atoms with van der Waals surface area (Å²) >= 11 is 0. The van der Waals surface area contributed by atoms with E-state index >= 15 is 0 Å². The summed E-state index contributed by atoms with van der Waals surface area (Å²) in [5.41, 5.74) is -1.21. The minimum absolute atomic E-state index is 0.0228. The average molecular weight is 490 g/mol. The van der Waals surface area contributed by atoms with Crippen LogP contribution in [0, 0.1) is 22.9 Å². The second-order valence-corrected chi connectivity index (χ2v) is 9.19. The summed E-state index contributed by atoms with van der Waals surface area (Å²) in [5.74, 6) is -1.12. The number of nitrogens with one attached hydrogen (secondary N) is 2. The minimum Gasteiger partial charge on any atom is -0.389 e. The van der Waals surface area contributed by atoms with E-state index in [0.29, 0.717) is 31.6 Å². The third-order valence-electron chi connectivity index (χ3n) is 6.73. The van der Waals surface area contributed by atoms with Gasteiger partial charge in [0.25, 0.3) is 11.6 Å². The Balaban J connectivity index is 1.45.